The highest BCUT2D eigenvalue weighted by Crippen LogP contribution is 2.31. The van der Waals surface area contributed by atoms with Gasteiger partial charge in [0, 0.05) is 5.69 Å². The molecule has 0 unspecified atom stereocenters. The fourth-order valence-corrected chi connectivity index (χ4v) is 3.76. The molecule has 2 N–H and O–H groups in total. The van der Waals surface area contributed by atoms with Crippen LogP contribution in [0.4, 0.5) is 5.82 Å². The highest BCUT2D eigenvalue weighted by Gasteiger charge is 2.25. The Morgan fingerprint density at radius 2 is 1.65 bits per heavy atom. The Morgan fingerprint density at radius 3 is 2.35 bits per heavy atom. The molecular formula is C25H28N4O2. The smallest absolute Gasteiger partial charge is 0.344 e. The summed E-state index contributed by atoms with van der Waals surface area (Å²) in [4.78, 5) is 22.5. The number of nitrogens with two attached hydrogens (primary N) is 1. The number of ether oxygens (including phenoxy) is 1. The number of fused-ring (bicyclic) bond motifs is 2. The van der Waals surface area contributed by atoms with E-state index >= 15 is 0 Å². The van der Waals surface area contributed by atoms with Crippen LogP contribution in [-0.4, -0.2) is 27.1 Å². The van der Waals surface area contributed by atoms with Crippen molar-refractivity contribution in [3.63, 3.8) is 0 Å². The van der Waals surface area contributed by atoms with E-state index in [2.05, 4.69) is 6.92 Å². The molecule has 0 aliphatic rings. The van der Waals surface area contributed by atoms with Gasteiger partial charge in [0.05, 0.1) is 17.6 Å². The van der Waals surface area contributed by atoms with Gasteiger partial charge in [0.2, 0.25) is 0 Å². The molecule has 0 saturated carbocycles. The van der Waals surface area contributed by atoms with Crippen molar-refractivity contribution in [1.82, 2.24) is 14.5 Å². The number of esters is 1. The minimum Gasteiger partial charge on any atom is -0.462 e. The van der Waals surface area contributed by atoms with Crippen LogP contribution in [0.5, 0.6) is 0 Å². The fourth-order valence-electron chi connectivity index (χ4n) is 3.76. The third-order valence-electron chi connectivity index (χ3n) is 5.48. The molecule has 4 aromatic rings. The molecule has 6 heteroatoms. The lowest BCUT2D eigenvalue weighted by molar-refractivity contribution is 0.0501. The summed E-state index contributed by atoms with van der Waals surface area (Å²) in [5, 5.41) is 0. The predicted molar refractivity (Wildman–Crippen MR) is 125 cm³/mol. The van der Waals surface area contributed by atoms with Crippen LogP contribution in [-0.2, 0) is 4.74 Å². The summed E-state index contributed by atoms with van der Waals surface area (Å²) in [6, 6.07) is 15.5. The summed E-state index contributed by atoms with van der Waals surface area (Å²) >= 11 is 0. The minimum atomic E-state index is -0.451. The molecule has 4 rings (SSSR count). The van der Waals surface area contributed by atoms with Crippen molar-refractivity contribution < 1.29 is 9.53 Å². The lowest BCUT2D eigenvalue weighted by Gasteiger charge is -2.08. The van der Waals surface area contributed by atoms with Crippen molar-refractivity contribution in [3.8, 4) is 5.69 Å². The first-order chi connectivity index (χ1) is 15.1. The second-order valence-corrected chi connectivity index (χ2v) is 7.87. The summed E-state index contributed by atoms with van der Waals surface area (Å²) in [5.74, 6) is -0.154. The van der Waals surface area contributed by atoms with E-state index in [4.69, 9.17) is 20.4 Å². The summed E-state index contributed by atoms with van der Waals surface area (Å²) in [7, 11) is 0. The molecule has 0 atom stereocenters. The molecule has 0 bridgehead atoms. The number of anilines is 1. The van der Waals surface area contributed by atoms with Gasteiger partial charge in [-0.3, -0.25) is 4.57 Å². The van der Waals surface area contributed by atoms with E-state index in [1.807, 2.05) is 55.5 Å². The molecule has 0 amide bonds. The molecule has 2 aromatic carbocycles. The number of carbonyl (C=O) groups is 1. The first kappa shape index (κ1) is 20.8. The van der Waals surface area contributed by atoms with Crippen molar-refractivity contribution in [2.75, 3.05) is 12.3 Å². The molecule has 2 aromatic heterocycles. The van der Waals surface area contributed by atoms with Crippen LogP contribution in [0, 0.1) is 6.92 Å². The van der Waals surface area contributed by atoms with E-state index in [9.17, 15) is 4.79 Å². The fraction of sp³-hybridized carbons (Fsp3) is 0.320. The quantitative estimate of drug-likeness (QED) is 0.299. The number of hydrogen-bond acceptors (Lipinski definition) is 5. The van der Waals surface area contributed by atoms with Crippen LogP contribution >= 0.6 is 0 Å². The predicted octanol–water partition coefficient (Wildman–Crippen LogP) is 5.59. The summed E-state index contributed by atoms with van der Waals surface area (Å²) in [5.41, 5.74) is 11.2. The van der Waals surface area contributed by atoms with Gasteiger partial charge in [0.25, 0.3) is 0 Å². The number of unbranched alkanes of at least 4 members (excludes halogenated alkanes) is 4. The molecule has 160 valence electrons. The van der Waals surface area contributed by atoms with E-state index in [1.165, 1.54) is 12.8 Å². The Bertz CT molecular complexity index is 1210. The zero-order valence-electron chi connectivity index (χ0n) is 18.1. The van der Waals surface area contributed by atoms with Crippen LogP contribution in [0.3, 0.4) is 0 Å². The summed E-state index contributed by atoms with van der Waals surface area (Å²) in [6.07, 6.45) is 5.43. The number of para-hydroxylation sites is 2. The molecule has 0 aliphatic heterocycles. The van der Waals surface area contributed by atoms with Gasteiger partial charge in [-0.2, -0.15) is 0 Å². The maximum absolute atomic E-state index is 13.0. The van der Waals surface area contributed by atoms with Crippen molar-refractivity contribution >= 4 is 34.0 Å². The average Bonchev–Trinajstić information content (AvgIpc) is 3.06. The number of aromatic nitrogens is 3. The molecule has 0 aliphatic carbocycles. The Morgan fingerprint density at radius 1 is 0.968 bits per heavy atom. The zero-order chi connectivity index (χ0) is 21.8. The highest BCUT2D eigenvalue weighted by atomic mass is 16.5. The van der Waals surface area contributed by atoms with Gasteiger partial charge in [-0.25, -0.2) is 14.8 Å². The third kappa shape index (κ3) is 4.24. The maximum atomic E-state index is 13.0. The van der Waals surface area contributed by atoms with Crippen molar-refractivity contribution in [1.29, 1.82) is 0 Å². The lowest BCUT2D eigenvalue weighted by Crippen LogP contribution is -2.10. The zero-order valence-corrected chi connectivity index (χ0v) is 18.1. The normalized spacial score (nSPS) is 11.3. The summed E-state index contributed by atoms with van der Waals surface area (Å²) < 4.78 is 7.36. The molecule has 0 fully saturated rings. The van der Waals surface area contributed by atoms with Crippen LogP contribution < -0.4 is 5.73 Å². The largest absolute Gasteiger partial charge is 0.462 e. The van der Waals surface area contributed by atoms with E-state index in [-0.39, 0.29) is 5.56 Å². The molecule has 31 heavy (non-hydrogen) atoms. The van der Waals surface area contributed by atoms with Crippen LogP contribution in [0.1, 0.15) is 54.9 Å². The van der Waals surface area contributed by atoms with Gasteiger partial charge in [-0.15, -0.1) is 0 Å². The first-order valence-electron chi connectivity index (χ1n) is 10.9. The third-order valence-corrected chi connectivity index (χ3v) is 5.48. The second-order valence-electron chi connectivity index (χ2n) is 7.87. The van der Waals surface area contributed by atoms with Gasteiger partial charge in [-0.1, -0.05) is 62.4 Å². The minimum absolute atomic E-state index is 0.280. The Hall–Kier alpha value is -3.41. The van der Waals surface area contributed by atoms with Crippen LogP contribution in [0.15, 0.2) is 48.5 Å². The number of hydrogen-bond donors (Lipinski definition) is 1. The van der Waals surface area contributed by atoms with E-state index in [1.54, 1.807) is 4.57 Å². The van der Waals surface area contributed by atoms with Gasteiger partial charge < -0.3 is 10.5 Å². The maximum Gasteiger partial charge on any atom is 0.344 e. The molecule has 2 heterocycles. The molecule has 0 radical (unpaired) electrons. The van der Waals surface area contributed by atoms with Gasteiger partial charge in [0.1, 0.15) is 16.9 Å². The number of carbonyl (C=O) groups excluding carboxylic acids is 1. The monoisotopic (exact) mass is 416 g/mol. The van der Waals surface area contributed by atoms with Gasteiger partial charge in [-0.05, 0) is 37.6 Å². The van der Waals surface area contributed by atoms with Gasteiger partial charge in [0.15, 0.2) is 5.65 Å². The van der Waals surface area contributed by atoms with Crippen LogP contribution in [0.25, 0.3) is 27.9 Å². The number of nitrogens with zero attached hydrogens (tertiary/aromatic N) is 3. The molecule has 0 spiro atoms. The van der Waals surface area contributed by atoms with Crippen molar-refractivity contribution in [2.24, 2.45) is 0 Å². The number of nitrogen functional groups attached to an aromatic ring is 1. The first-order valence-corrected chi connectivity index (χ1v) is 10.9. The molecule has 6 nitrogen and oxygen atoms in total. The average molecular weight is 417 g/mol. The molecular weight excluding hydrogens is 388 g/mol. The Balaban J connectivity index is 1.75. The van der Waals surface area contributed by atoms with Crippen molar-refractivity contribution in [2.45, 2.75) is 46.0 Å². The van der Waals surface area contributed by atoms with E-state index < -0.39 is 5.97 Å². The topological polar surface area (TPSA) is 83.0 Å². The van der Waals surface area contributed by atoms with E-state index in [0.717, 1.165) is 36.0 Å². The number of benzene rings is 2. The van der Waals surface area contributed by atoms with Crippen LogP contribution in [0.2, 0.25) is 0 Å². The highest BCUT2D eigenvalue weighted by molar-refractivity contribution is 6.09. The van der Waals surface area contributed by atoms with Gasteiger partial charge >= 0.3 is 5.97 Å². The molecule has 0 saturated heterocycles. The standard InChI is InChI=1S/C25H28N4O2/c1-3-4-5-6-9-16-31-25(30)21-22-24(28-20-11-8-7-10-19(20)27-22)29(23(21)26)18-14-12-17(2)13-15-18/h7-8,10-15H,3-6,9,16,26H2,1-2H3. The summed E-state index contributed by atoms with van der Waals surface area (Å²) in [6.45, 7) is 4.58. The number of rotatable bonds is 8. The lowest BCUT2D eigenvalue weighted by atomic mass is 10.2. The van der Waals surface area contributed by atoms with Crippen molar-refractivity contribution in [3.05, 3.63) is 59.7 Å². The Labute approximate surface area is 182 Å². The SMILES string of the molecule is CCCCCCCOC(=O)c1c(N)n(-c2ccc(C)cc2)c2nc3ccccc3nc12. The van der Waals surface area contributed by atoms with E-state index in [0.29, 0.717) is 29.1 Å². The number of aryl methyl sites for hydroxylation is 1. The Kier molecular flexibility index (Phi) is 6.16. The second kappa shape index (κ2) is 9.16.